The minimum atomic E-state index is -0.846. The number of hydrogen-bond acceptors (Lipinski definition) is 3. The van der Waals surface area contributed by atoms with Gasteiger partial charge in [-0.25, -0.2) is 9.18 Å². The van der Waals surface area contributed by atoms with Gasteiger partial charge in [0.05, 0.1) is 0 Å². The average Bonchev–Trinajstić information content (AvgIpc) is 3.01. The lowest BCUT2D eigenvalue weighted by molar-refractivity contribution is -0.137. The van der Waals surface area contributed by atoms with E-state index in [9.17, 15) is 14.0 Å². The maximum Gasteiger partial charge on any atom is 0.317 e. The maximum absolute atomic E-state index is 13.3. The van der Waals surface area contributed by atoms with Gasteiger partial charge in [0.1, 0.15) is 5.82 Å². The number of aliphatic carboxylic acids is 1. The van der Waals surface area contributed by atoms with Gasteiger partial charge >= 0.3 is 12.0 Å². The summed E-state index contributed by atoms with van der Waals surface area (Å²) in [6.07, 6.45) is 3.16. The molecule has 25 heavy (non-hydrogen) atoms. The fourth-order valence-electron chi connectivity index (χ4n) is 3.70. The number of amides is 2. The Balaban J connectivity index is 1.47. The summed E-state index contributed by atoms with van der Waals surface area (Å²) in [7, 11) is 0. The smallest absolute Gasteiger partial charge is 0.317 e. The number of anilines is 1. The van der Waals surface area contributed by atoms with E-state index < -0.39 is 5.97 Å². The van der Waals surface area contributed by atoms with Crippen molar-refractivity contribution in [3.8, 4) is 0 Å². The van der Waals surface area contributed by atoms with Gasteiger partial charge < -0.3 is 20.2 Å². The molecule has 7 heteroatoms. The molecule has 6 nitrogen and oxygen atoms in total. The number of carbonyl (C=O) groups is 2. The number of carboxylic acid groups (broad SMARTS) is 1. The number of nitrogens with zero attached hydrogens (tertiary/aromatic N) is 2. The molecule has 0 spiro atoms. The third-order valence-electron chi connectivity index (χ3n) is 5.01. The van der Waals surface area contributed by atoms with Crippen LogP contribution in [0.5, 0.6) is 0 Å². The molecule has 2 heterocycles. The molecule has 1 aromatic rings. The zero-order valence-corrected chi connectivity index (χ0v) is 14.2. The molecule has 2 amide bonds. The van der Waals surface area contributed by atoms with Crippen LogP contribution in [0, 0.1) is 5.82 Å². The van der Waals surface area contributed by atoms with Gasteiger partial charge in [0, 0.05) is 44.3 Å². The van der Waals surface area contributed by atoms with E-state index in [-0.39, 0.29) is 18.3 Å². The topological polar surface area (TPSA) is 72.9 Å². The Morgan fingerprint density at radius 3 is 2.72 bits per heavy atom. The number of hydrogen-bond donors (Lipinski definition) is 2. The van der Waals surface area contributed by atoms with E-state index in [2.05, 4.69) is 10.2 Å². The van der Waals surface area contributed by atoms with Gasteiger partial charge in [0.15, 0.2) is 0 Å². The number of carboxylic acids is 1. The first-order chi connectivity index (χ1) is 12.0. The van der Waals surface area contributed by atoms with Crippen molar-refractivity contribution in [2.24, 2.45) is 0 Å². The highest BCUT2D eigenvalue weighted by molar-refractivity contribution is 5.74. The number of benzene rings is 1. The van der Waals surface area contributed by atoms with E-state index in [1.165, 1.54) is 6.07 Å². The number of carbonyl (C=O) groups excluding carboxylic acids is 1. The van der Waals surface area contributed by atoms with Crippen molar-refractivity contribution in [2.75, 3.05) is 31.1 Å². The van der Waals surface area contributed by atoms with Crippen molar-refractivity contribution >= 4 is 17.7 Å². The molecule has 2 aliphatic rings. The lowest BCUT2D eigenvalue weighted by Gasteiger charge is -2.38. The maximum atomic E-state index is 13.3. The predicted octanol–water partition coefficient (Wildman–Crippen LogP) is 2.23. The first kappa shape index (κ1) is 17.5. The Hall–Kier alpha value is -2.31. The number of nitrogens with one attached hydrogen (secondary N) is 1. The summed E-state index contributed by atoms with van der Waals surface area (Å²) in [6, 6.07) is 5.25. The van der Waals surface area contributed by atoms with Crippen LogP contribution >= 0.6 is 0 Å². The first-order valence-corrected chi connectivity index (χ1v) is 8.84. The Kier molecular flexibility index (Phi) is 5.40. The fourth-order valence-corrected chi connectivity index (χ4v) is 3.70. The number of fused-ring (bicyclic) bond motifs is 1. The molecule has 0 saturated carbocycles. The molecule has 0 radical (unpaired) electrons. The molecule has 2 N–H and O–H groups in total. The lowest BCUT2D eigenvalue weighted by Crippen LogP contribution is -2.49. The number of likely N-dealkylation sites (tertiary alicyclic amines) is 1. The molecule has 1 saturated heterocycles. The molecule has 0 unspecified atom stereocenters. The highest BCUT2D eigenvalue weighted by Gasteiger charge is 2.30. The summed E-state index contributed by atoms with van der Waals surface area (Å²) < 4.78 is 13.3. The highest BCUT2D eigenvalue weighted by Crippen LogP contribution is 2.33. The van der Waals surface area contributed by atoms with Gasteiger partial charge in [-0.05, 0) is 49.4 Å². The molecular weight excluding hydrogens is 325 g/mol. The van der Waals surface area contributed by atoms with Crippen LogP contribution < -0.4 is 10.2 Å². The van der Waals surface area contributed by atoms with Crippen molar-refractivity contribution in [2.45, 2.75) is 38.1 Å². The van der Waals surface area contributed by atoms with Crippen molar-refractivity contribution in [3.63, 3.8) is 0 Å². The molecule has 0 atom stereocenters. The van der Waals surface area contributed by atoms with Gasteiger partial charge in [-0.15, -0.1) is 0 Å². The number of halogens is 1. The van der Waals surface area contributed by atoms with E-state index in [4.69, 9.17) is 5.11 Å². The SMILES string of the molecule is O=C(O)CCCNC(=O)N1CCC(N2CCc3cc(F)ccc32)CC1. The van der Waals surface area contributed by atoms with E-state index in [0.29, 0.717) is 32.1 Å². The van der Waals surface area contributed by atoms with Gasteiger partial charge in [-0.2, -0.15) is 0 Å². The quantitative estimate of drug-likeness (QED) is 0.800. The van der Waals surface area contributed by atoms with Crippen LogP contribution in [-0.4, -0.2) is 54.2 Å². The molecule has 1 fully saturated rings. The van der Waals surface area contributed by atoms with E-state index in [1.54, 1.807) is 11.0 Å². The Morgan fingerprint density at radius 1 is 1.24 bits per heavy atom. The van der Waals surface area contributed by atoms with Gasteiger partial charge in [-0.3, -0.25) is 4.79 Å². The van der Waals surface area contributed by atoms with Crippen LogP contribution in [0.4, 0.5) is 14.9 Å². The van der Waals surface area contributed by atoms with Crippen molar-refractivity contribution in [1.82, 2.24) is 10.2 Å². The van der Waals surface area contributed by atoms with E-state index >= 15 is 0 Å². The summed E-state index contributed by atoms with van der Waals surface area (Å²) in [5, 5.41) is 11.4. The largest absolute Gasteiger partial charge is 0.481 e. The molecule has 0 aromatic heterocycles. The predicted molar refractivity (Wildman–Crippen MR) is 92.3 cm³/mol. The van der Waals surface area contributed by atoms with Gasteiger partial charge in [-0.1, -0.05) is 0 Å². The van der Waals surface area contributed by atoms with Crippen molar-refractivity contribution in [1.29, 1.82) is 0 Å². The minimum Gasteiger partial charge on any atom is -0.481 e. The van der Waals surface area contributed by atoms with Crippen molar-refractivity contribution < 1.29 is 19.1 Å². The van der Waals surface area contributed by atoms with Crippen molar-refractivity contribution in [3.05, 3.63) is 29.6 Å². The first-order valence-electron chi connectivity index (χ1n) is 8.84. The monoisotopic (exact) mass is 349 g/mol. The molecule has 0 bridgehead atoms. The number of rotatable bonds is 5. The van der Waals surface area contributed by atoms with Crippen LogP contribution in [0.1, 0.15) is 31.2 Å². The Labute approximate surface area is 146 Å². The van der Waals surface area contributed by atoms with E-state index in [1.807, 2.05) is 6.07 Å². The number of urea groups is 1. The second-order valence-corrected chi connectivity index (χ2v) is 6.66. The summed E-state index contributed by atoms with van der Waals surface area (Å²) in [4.78, 5) is 26.7. The third-order valence-corrected chi connectivity index (χ3v) is 5.01. The molecule has 136 valence electrons. The lowest BCUT2D eigenvalue weighted by atomic mass is 10.0. The second-order valence-electron chi connectivity index (χ2n) is 6.66. The molecule has 2 aliphatic heterocycles. The standard InChI is InChI=1S/C18H24FN3O3/c19-14-3-4-16-13(12-14)5-11-22(16)15-6-9-21(10-7-15)18(25)20-8-1-2-17(23)24/h3-4,12,15H,1-2,5-11H2,(H,20,25)(H,23,24). The molecule has 1 aromatic carbocycles. The molecular formula is C18H24FN3O3. The fraction of sp³-hybridized carbons (Fsp3) is 0.556. The minimum absolute atomic E-state index is 0.0668. The average molecular weight is 349 g/mol. The summed E-state index contributed by atoms with van der Waals surface area (Å²) in [6.45, 7) is 2.66. The Morgan fingerprint density at radius 2 is 2.00 bits per heavy atom. The third kappa shape index (κ3) is 4.21. The molecule has 0 aliphatic carbocycles. The zero-order valence-electron chi connectivity index (χ0n) is 14.2. The summed E-state index contributed by atoms with van der Waals surface area (Å²) >= 11 is 0. The zero-order chi connectivity index (χ0) is 17.8. The highest BCUT2D eigenvalue weighted by atomic mass is 19.1. The van der Waals surface area contributed by atoms with Crippen LogP contribution in [-0.2, 0) is 11.2 Å². The van der Waals surface area contributed by atoms with E-state index in [0.717, 1.165) is 37.1 Å². The summed E-state index contributed by atoms with van der Waals surface area (Å²) in [5.74, 6) is -1.03. The van der Waals surface area contributed by atoms with Crippen LogP contribution in [0.2, 0.25) is 0 Å². The Bertz CT molecular complexity index is 644. The van der Waals surface area contributed by atoms with Crippen LogP contribution in [0.25, 0.3) is 0 Å². The normalized spacial score (nSPS) is 17.5. The second kappa shape index (κ2) is 7.72. The summed E-state index contributed by atoms with van der Waals surface area (Å²) in [5.41, 5.74) is 2.19. The van der Waals surface area contributed by atoms with Gasteiger partial charge in [0.2, 0.25) is 0 Å². The van der Waals surface area contributed by atoms with Gasteiger partial charge in [0.25, 0.3) is 0 Å². The van der Waals surface area contributed by atoms with Crippen LogP contribution in [0.3, 0.4) is 0 Å². The number of piperidine rings is 1. The molecule has 3 rings (SSSR count). The van der Waals surface area contributed by atoms with Crippen LogP contribution in [0.15, 0.2) is 18.2 Å².